The Balaban J connectivity index is 0. The molecule has 0 spiro atoms. The van der Waals surface area contributed by atoms with Gasteiger partial charge < -0.3 is 4.79 Å². The molecule has 0 amide bonds. The Morgan fingerprint density at radius 3 is 1.60 bits per heavy atom. The summed E-state index contributed by atoms with van der Waals surface area (Å²) in [4.78, 5) is 9.10. The molecule has 0 aliphatic heterocycles. The summed E-state index contributed by atoms with van der Waals surface area (Å²) in [5.74, 6) is 0.512. The maximum absolute atomic E-state index is 9.50. The number of hydrogen-bond acceptors (Lipinski definition) is 1. The number of alkyl halides is 3. The highest BCUT2D eigenvalue weighted by Crippen LogP contribution is 2.01. The lowest BCUT2D eigenvalue weighted by atomic mass is 10.3. The van der Waals surface area contributed by atoms with Crippen LogP contribution in [0.4, 0.5) is 0 Å². The quantitative estimate of drug-likeness (QED) is 0.500. The summed E-state index contributed by atoms with van der Waals surface area (Å²) in [5.41, 5.74) is 0. The Morgan fingerprint density at radius 2 is 1.60 bits per heavy atom. The zero-order valence-corrected chi connectivity index (χ0v) is 8.25. The topological polar surface area (TPSA) is 17.1 Å². The fourth-order valence-electron chi connectivity index (χ4n) is 0. The normalized spacial score (nSPS) is 9.10. The van der Waals surface area contributed by atoms with Crippen molar-refractivity contribution in [1.82, 2.24) is 0 Å². The third-order valence-electron chi connectivity index (χ3n) is 0.389. The number of rotatable bonds is 2. The van der Waals surface area contributed by atoms with E-state index in [4.69, 9.17) is 34.8 Å². The van der Waals surface area contributed by atoms with Crippen LogP contribution in [0.5, 0.6) is 0 Å². The van der Waals surface area contributed by atoms with Crippen LogP contribution in [0.15, 0.2) is 0 Å². The van der Waals surface area contributed by atoms with Gasteiger partial charge in [0.15, 0.2) is 0 Å². The van der Waals surface area contributed by atoms with Gasteiger partial charge in [0.05, 0.1) is 5.88 Å². The molecule has 0 bridgehead atoms. The Bertz CT molecular complexity index is 73.4. The minimum Gasteiger partial charge on any atom is -0.303 e. The molecule has 0 N–H and O–H groups in total. The van der Waals surface area contributed by atoms with E-state index in [0.717, 1.165) is 6.29 Å². The van der Waals surface area contributed by atoms with Gasteiger partial charge in [-0.2, -0.15) is 0 Å². The van der Waals surface area contributed by atoms with E-state index in [9.17, 15) is 4.79 Å². The van der Waals surface area contributed by atoms with Gasteiger partial charge in [-0.15, -0.1) is 34.8 Å². The van der Waals surface area contributed by atoms with E-state index in [2.05, 4.69) is 0 Å². The molecule has 10 heavy (non-hydrogen) atoms. The molecule has 1 nitrogen and oxygen atoms in total. The van der Waals surface area contributed by atoms with Gasteiger partial charge in [-0.25, -0.2) is 0 Å². The molecule has 0 unspecified atom stereocenters. The van der Waals surface area contributed by atoms with Crippen molar-refractivity contribution < 1.29 is 4.79 Å². The van der Waals surface area contributed by atoms with Gasteiger partial charge in [-0.05, 0) is 0 Å². The SMILES string of the molecule is CC(C)C=O.ClCC(Cl)Cl. The van der Waals surface area contributed by atoms with Gasteiger partial charge in [0, 0.05) is 5.92 Å². The molecule has 0 fully saturated rings. The molecule has 0 aromatic heterocycles. The van der Waals surface area contributed by atoms with Crippen molar-refractivity contribution in [1.29, 1.82) is 0 Å². The van der Waals surface area contributed by atoms with Gasteiger partial charge in [0.1, 0.15) is 11.1 Å². The van der Waals surface area contributed by atoms with E-state index in [1.54, 1.807) is 0 Å². The summed E-state index contributed by atoms with van der Waals surface area (Å²) in [5, 5.41) is 0. The molecular formula is C6H11Cl3O. The molecule has 0 aliphatic rings. The van der Waals surface area contributed by atoms with E-state index < -0.39 is 4.84 Å². The number of aldehydes is 1. The second-order valence-electron chi connectivity index (χ2n) is 1.93. The van der Waals surface area contributed by atoms with Gasteiger partial charge in [0.2, 0.25) is 0 Å². The molecule has 0 aromatic rings. The highest BCUT2D eigenvalue weighted by molar-refractivity contribution is 6.47. The van der Waals surface area contributed by atoms with Crippen LogP contribution in [0.25, 0.3) is 0 Å². The molecule has 0 atom stereocenters. The van der Waals surface area contributed by atoms with Gasteiger partial charge in [-0.1, -0.05) is 13.8 Å². The van der Waals surface area contributed by atoms with Crippen LogP contribution in [0.1, 0.15) is 13.8 Å². The van der Waals surface area contributed by atoms with Crippen LogP contribution in [-0.2, 0) is 4.79 Å². The smallest absolute Gasteiger partial charge is 0.122 e. The number of halogens is 3. The van der Waals surface area contributed by atoms with Crippen molar-refractivity contribution in [2.75, 3.05) is 5.88 Å². The second-order valence-corrected chi connectivity index (χ2v) is 3.51. The van der Waals surface area contributed by atoms with E-state index in [-0.39, 0.29) is 5.92 Å². The fraction of sp³-hybridized carbons (Fsp3) is 0.833. The van der Waals surface area contributed by atoms with Gasteiger partial charge in [0.25, 0.3) is 0 Å². The summed E-state index contributed by atoms with van der Waals surface area (Å²) in [7, 11) is 0. The average Bonchev–Trinajstić information content (AvgIpc) is 1.89. The third kappa shape index (κ3) is 23.6. The molecule has 0 saturated carbocycles. The molecule has 0 aliphatic carbocycles. The van der Waals surface area contributed by atoms with Crippen molar-refractivity contribution in [3.05, 3.63) is 0 Å². The van der Waals surface area contributed by atoms with Gasteiger partial charge >= 0.3 is 0 Å². The maximum atomic E-state index is 9.50. The first-order valence-electron chi connectivity index (χ1n) is 2.84. The zero-order valence-electron chi connectivity index (χ0n) is 5.98. The minimum absolute atomic E-state index is 0.204. The maximum Gasteiger partial charge on any atom is 0.122 e. The molecule has 0 rings (SSSR count). The summed E-state index contributed by atoms with van der Waals surface area (Å²) in [6.07, 6.45) is 0.917. The molecule has 62 valence electrons. The van der Waals surface area contributed by atoms with Crippen LogP contribution >= 0.6 is 34.8 Å². The number of carbonyl (C=O) groups excluding carboxylic acids is 1. The summed E-state index contributed by atoms with van der Waals surface area (Å²) in [6, 6.07) is 0. The number of carbonyl (C=O) groups is 1. The van der Waals surface area contributed by atoms with Crippen molar-refractivity contribution in [3.63, 3.8) is 0 Å². The van der Waals surface area contributed by atoms with E-state index in [1.165, 1.54) is 0 Å². The van der Waals surface area contributed by atoms with E-state index >= 15 is 0 Å². The lowest BCUT2D eigenvalue weighted by molar-refractivity contribution is -0.110. The van der Waals surface area contributed by atoms with Crippen LogP contribution < -0.4 is 0 Å². The van der Waals surface area contributed by atoms with Crippen molar-refractivity contribution in [2.45, 2.75) is 18.7 Å². The summed E-state index contributed by atoms with van der Waals surface area (Å²) in [6.45, 7) is 3.71. The summed E-state index contributed by atoms with van der Waals surface area (Å²) < 4.78 is 0. The molecule has 0 heterocycles. The Hall–Kier alpha value is 0.540. The lowest BCUT2D eigenvalue weighted by Crippen LogP contribution is -1.82. The van der Waals surface area contributed by atoms with E-state index in [0.29, 0.717) is 5.88 Å². The molecule has 0 radical (unpaired) electrons. The van der Waals surface area contributed by atoms with Crippen LogP contribution in [-0.4, -0.2) is 17.0 Å². The van der Waals surface area contributed by atoms with Crippen LogP contribution in [0, 0.1) is 5.92 Å². The predicted molar refractivity (Wildman–Crippen MR) is 47.1 cm³/mol. The first kappa shape index (κ1) is 13.2. The highest BCUT2D eigenvalue weighted by atomic mass is 35.5. The van der Waals surface area contributed by atoms with Crippen LogP contribution in [0.3, 0.4) is 0 Å². The van der Waals surface area contributed by atoms with Crippen molar-refractivity contribution in [2.24, 2.45) is 5.92 Å². The molecule has 4 heteroatoms. The fourth-order valence-corrected chi connectivity index (χ4v) is 0. The van der Waals surface area contributed by atoms with Crippen molar-refractivity contribution >= 4 is 41.1 Å². The van der Waals surface area contributed by atoms with Crippen molar-refractivity contribution in [3.8, 4) is 0 Å². The highest BCUT2D eigenvalue weighted by Gasteiger charge is 1.88. The first-order chi connectivity index (χ1) is 4.54. The Kier molecular flexibility index (Phi) is 12.5. The Morgan fingerprint density at radius 1 is 1.40 bits per heavy atom. The Labute approximate surface area is 76.6 Å². The molecule has 0 saturated heterocycles. The van der Waals surface area contributed by atoms with Gasteiger partial charge in [-0.3, -0.25) is 0 Å². The molecule has 0 aromatic carbocycles. The standard InChI is InChI=1S/C4H8O.C2H3Cl3/c1-4(2)3-5;3-1-2(4)5/h3-4H,1-2H3;2H,1H2. The molecular weight excluding hydrogens is 194 g/mol. The zero-order chi connectivity index (χ0) is 8.57. The minimum atomic E-state index is -0.406. The average molecular weight is 206 g/mol. The monoisotopic (exact) mass is 204 g/mol. The second kappa shape index (κ2) is 9.54. The predicted octanol–water partition coefficient (Wildman–Crippen LogP) is 2.87. The lowest BCUT2D eigenvalue weighted by Gasteiger charge is -1.82. The number of hydrogen-bond donors (Lipinski definition) is 0. The van der Waals surface area contributed by atoms with Crippen LogP contribution in [0.2, 0.25) is 0 Å². The first-order valence-corrected chi connectivity index (χ1v) is 4.24. The summed E-state index contributed by atoms with van der Waals surface area (Å²) >= 11 is 15.3. The largest absolute Gasteiger partial charge is 0.303 e. The third-order valence-corrected chi connectivity index (χ3v) is 1.32. The van der Waals surface area contributed by atoms with E-state index in [1.807, 2.05) is 13.8 Å².